The minimum absolute atomic E-state index is 0.0504. The molecule has 0 radical (unpaired) electrons. The molecule has 2 amide bonds. The maximum absolute atomic E-state index is 12.5. The first-order valence-electron chi connectivity index (χ1n) is 8.37. The van der Waals surface area contributed by atoms with E-state index in [1.165, 1.54) is 11.8 Å². The van der Waals surface area contributed by atoms with Crippen molar-refractivity contribution < 1.29 is 19.4 Å². The summed E-state index contributed by atoms with van der Waals surface area (Å²) in [5.74, 6) is -0.553. The van der Waals surface area contributed by atoms with Crippen LogP contribution in [0.5, 0.6) is 0 Å². The molecule has 2 rings (SSSR count). The lowest BCUT2D eigenvalue weighted by atomic mass is 9.91. The molecule has 1 atom stereocenters. The summed E-state index contributed by atoms with van der Waals surface area (Å²) in [7, 11) is 0. The number of piperidine rings is 1. The van der Waals surface area contributed by atoms with Gasteiger partial charge in [0.1, 0.15) is 0 Å². The van der Waals surface area contributed by atoms with E-state index in [4.69, 9.17) is 4.74 Å². The molecule has 0 spiro atoms. The number of benzene rings is 1. The summed E-state index contributed by atoms with van der Waals surface area (Å²) in [6.07, 6.45) is 0.980. The SMILES string of the molecule is CCOCc1ccccc1CNC(=O)[C@]1(O)CCCN(C(C)=O)C1. The van der Waals surface area contributed by atoms with Gasteiger partial charge >= 0.3 is 0 Å². The molecule has 0 unspecified atom stereocenters. The van der Waals surface area contributed by atoms with E-state index in [9.17, 15) is 14.7 Å². The lowest BCUT2D eigenvalue weighted by molar-refractivity contribution is -0.150. The lowest BCUT2D eigenvalue weighted by Gasteiger charge is -2.37. The largest absolute Gasteiger partial charge is 0.378 e. The Morgan fingerprint density at radius 2 is 2.04 bits per heavy atom. The summed E-state index contributed by atoms with van der Waals surface area (Å²) in [5.41, 5.74) is 0.460. The van der Waals surface area contributed by atoms with Crippen molar-refractivity contribution in [1.29, 1.82) is 0 Å². The fraction of sp³-hybridized carbons (Fsp3) is 0.556. The van der Waals surface area contributed by atoms with Crippen molar-refractivity contribution in [3.8, 4) is 0 Å². The van der Waals surface area contributed by atoms with Crippen molar-refractivity contribution in [2.24, 2.45) is 0 Å². The Morgan fingerprint density at radius 3 is 2.71 bits per heavy atom. The highest BCUT2D eigenvalue weighted by Crippen LogP contribution is 2.22. The molecule has 24 heavy (non-hydrogen) atoms. The molecule has 1 fully saturated rings. The van der Waals surface area contributed by atoms with E-state index in [1.54, 1.807) is 0 Å². The van der Waals surface area contributed by atoms with Gasteiger partial charge in [0.05, 0.1) is 13.2 Å². The number of carbonyl (C=O) groups excluding carboxylic acids is 2. The molecule has 2 N–H and O–H groups in total. The Labute approximate surface area is 142 Å². The molecule has 132 valence electrons. The predicted molar refractivity (Wildman–Crippen MR) is 90.1 cm³/mol. The molecular weight excluding hydrogens is 308 g/mol. The van der Waals surface area contributed by atoms with E-state index < -0.39 is 11.5 Å². The number of aliphatic hydroxyl groups is 1. The number of β-amino-alcohol motifs (C(OH)–C–C–N with tert-alkyl or cyclic N) is 1. The van der Waals surface area contributed by atoms with Crippen LogP contribution < -0.4 is 5.32 Å². The highest BCUT2D eigenvalue weighted by molar-refractivity contribution is 5.86. The molecule has 0 aromatic heterocycles. The van der Waals surface area contributed by atoms with Gasteiger partial charge in [-0.25, -0.2) is 0 Å². The van der Waals surface area contributed by atoms with E-state index in [-0.39, 0.29) is 12.5 Å². The first-order chi connectivity index (χ1) is 11.5. The number of hydrogen-bond acceptors (Lipinski definition) is 4. The topological polar surface area (TPSA) is 78.9 Å². The van der Waals surface area contributed by atoms with Crippen molar-refractivity contribution in [3.05, 3.63) is 35.4 Å². The quantitative estimate of drug-likeness (QED) is 0.820. The highest BCUT2D eigenvalue weighted by Gasteiger charge is 2.40. The van der Waals surface area contributed by atoms with E-state index in [1.807, 2.05) is 31.2 Å². The lowest BCUT2D eigenvalue weighted by Crippen LogP contribution is -2.57. The molecule has 0 saturated carbocycles. The maximum atomic E-state index is 12.5. The summed E-state index contributed by atoms with van der Waals surface area (Å²) in [6.45, 7) is 5.46. The van der Waals surface area contributed by atoms with Gasteiger partial charge in [-0.3, -0.25) is 9.59 Å². The summed E-state index contributed by atoms with van der Waals surface area (Å²) in [5, 5.41) is 13.4. The summed E-state index contributed by atoms with van der Waals surface area (Å²) < 4.78 is 5.44. The third kappa shape index (κ3) is 4.55. The second-order valence-electron chi connectivity index (χ2n) is 6.16. The minimum Gasteiger partial charge on any atom is -0.378 e. The number of nitrogens with one attached hydrogen (secondary N) is 1. The zero-order valence-corrected chi connectivity index (χ0v) is 14.4. The number of hydrogen-bond donors (Lipinski definition) is 2. The van der Waals surface area contributed by atoms with E-state index in [0.717, 1.165) is 11.1 Å². The van der Waals surface area contributed by atoms with Crippen LogP contribution in [0, 0.1) is 0 Å². The van der Waals surface area contributed by atoms with Crippen molar-refractivity contribution in [2.75, 3.05) is 19.7 Å². The van der Waals surface area contributed by atoms with Gasteiger partial charge in [-0.1, -0.05) is 24.3 Å². The highest BCUT2D eigenvalue weighted by atomic mass is 16.5. The average Bonchev–Trinajstić information content (AvgIpc) is 2.58. The molecule has 0 aliphatic carbocycles. The van der Waals surface area contributed by atoms with Crippen LogP contribution >= 0.6 is 0 Å². The van der Waals surface area contributed by atoms with Crippen LogP contribution in [-0.4, -0.2) is 47.1 Å². The monoisotopic (exact) mass is 334 g/mol. The van der Waals surface area contributed by atoms with Crippen LogP contribution in [0.3, 0.4) is 0 Å². The van der Waals surface area contributed by atoms with E-state index in [2.05, 4.69) is 5.32 Å². The zero-order chi connectivity index (χ0) is 17.6. The second-order valence-corrected chi connectivity index (χ2v) is 6.16. The summed E-state index contributed by atoms with van der Waals surface area (Å²) in [4.78, 5) is 25.5. The Morgan fingerprint density at radius 1 is 1.33 bits per heavy atom. The van der Waals surface area contributed by atoms with E-state index in [0.29, 0.717) is 39.1 Å². The van der Waals surface area contributed by atoms with Crippen LogP contribution in [-0.2, 0) is 27.5 Å². The molecule has 6 heteroatoms. The molecule has 1 saturated heterocycles. The van der Waals surface area contributed by atoms with Gasteiger partial charge in [0.25, 0.3) is 5.91 Å². The normalized spacial score (nSPS) is 20.7. The first-order valence-corrected chi connectivity index (χ1v) is 8.37. The Hall–Kier alpha value is -1.92. The zero-order valence-electron chi connectivity index (χ0n) is 14.4. The van der Waals surface area contributed by atoms with Gasteiger partial charge in [-0.05, 0) is 30.9 Å². The summed E-state index contributed by atoms with van der Waals surface area (Å²) in [6, 6.07) is 7.73. The number of amides is 2. The molecule has 1 aliphatic heterocycles. The fourth-order valence-corrected chi connectivity index (χ4v) is 2.91. The average molecular weight is 334 g/mol. The van der Waals surface area contributed by atoms with Gasteiger partial charge in [0.2, 0.25) is 5.91 Å². The van der Waals surface area contributed by atoms with Crippen molar-refractivity contribution >= 4 is 11.8 Å². The molecule has 0 bridgehead atoms. The standard InChI is InChI=1S/C18H26N2O4/c1-3-24-12-16-8-5-4-7-15(16)11-19-17(22)18(23)9-6-10-20(13-18)14(2)21/h4-5,7-8,23H,3,6,9-13H2,1-2H3,(H,19,22)/t18-/m0/s1. The number of rotatable bonds is 6. The number of likely N-dealkylation sites (tertiary alicyclic amines) is 1. The number of ether oxygens (including phenoxy) is 1. The molecule has 1 aromatic rings. The third-order valence-corrected chi connectivity index (χ3v) is 4.36. The van der Waals surface area contributed by atoms with E-state index >= 15 is 0 Å². The van der Waals surface area contributed by atoms with Crippen molar-refractivity contribution in [3.63, 3.8) is 0 Å². The third-order valence-electron chi connectivity index (χ3n) is 4.36. The minimum atomic E-state index is -1.52. The van der Waals surface area contributed by atoms with Crippen LogP contribution in [0.25, 0.3) is 0 Å². The second kappa shape index (κ2) is 8.26. The summed E-state index contributed by atoms with van der Waals surface area (Å²) >= 11 is 0. The molecular formula is C18H26N2O4. The van der Waals surface area contributed by atoms with Gasteiger partial charge in [-0.2, -0.15) is 0 Å². The first kappa shape index (κ1) is 18.4. The van der Waals surface area contributed by atoms with Crippen LogP contribution in [0.1, 0.15) is 37.8 Å². The van der Waals surface area contributed by atoms with Gasteiger partial charge in [-0.15, -0.1) is 0 Å². The van der Waals surface area contributed by atoms with Crippen molar-refractivity contribution in [2.45, 2.75) is 45.4 Å². The van der Waals surface area contributed by atoms with Gasteiger partial charge in [0.15, 0.2) is 5.60 Å². The fourth-order valence-electron chi connectivity index (χ4n) is 2.91. The predicted octanol–water partition coefficient (Wildman–Crippen LogP) is 1.21. The smallest absolute Gasteiger partial charge is 0.254 e. The molecule has 1 aromatic carbocycles. The Balaban J connectivity index is 1.99. The molecule has 1 aliphatic rings. The van der Waals surface area contributed by atoms with Crippen molar-refractivity contribution in [1.82, 2.24) is 10.2 Å². The van der Waals surface area contributed by atoms with Crippen LogP contribution in [0.15, 0.2) is 24.3 Å². The Bertz CT molecular complexity index is 590. The van der Waals surface area contributed by atoms with Crippen LogP contribution in [0.2, 0.25) is 0 Å². The van der Waals surface area contributed by atoms with Gasteiger partial charge in [0, 0.05) is 26.6 Å². The number of nitrogens with zero attached hydrogens (tertiary/aromatic N) is 1. The Kier molecular flexibility index (Phi) is 6.34. The molecule has 6 nitrogen and oxygen atoms in total. The van der Waals surface area contributed by atoms with Crippen LogP contribution in [0.4, 0.5) is 0 Å². The maximum Gasteiger partial charge on any atom is 0.254 e. The van der Waals surface area contributed by atoms with Gasteiger partial charge < -0.3 is 20.1 Å². The molecule has 1 heterocycles. The number of carbonyl (C=O) groups is 2.